The Labute approximate surface area is 128 Å². The lowest BCUT2D eigenvalue weighted by atomic mass is 9.93. The van der Waals surface area contributed by atoms with Crippen molar-refractivity contribution in [3.05, 3.63) is 35.6 Å². The van der Waals surface area contributed by atoms with Crippen LogP contribution in [-0.4, -0.2) is 28.4 Å². The summed E-state index contributed by atoms with van der Waals surface area (Å²) in [5.74, 6) is -3.60. The van der Waals surface area contributed by atoms with Crippen LogP contribution in [0.4, 0.5) is 4.39 Å². The fourth-order valence-electron chi connectivity index (χ4n) is 1.85. The molecule has 0 aliphatic rings. The first kappa shape index (κ1) is 17.8. The maximum Gasteiger partial charge on any atom is 0.352 e. The maximum atomic E-state index is 13.6. The second-order valence-electron chi connectivity index (χ2n) is 6.02. The summed E-state index contributed by atoms with van der Waals surface area (Å²) in [4.78, 5) is 23.0. The molecular weight excluding hydrogens is 289 g/mol. The molecule has 0 amide bonds. The Bertz CT molecular complexity index is 578. The van der Waals surface area contributed by atoms with E-state index in [1.165, 1.54) is 18.2 Å². The number of carboxylic acids is 1. The summed E-state index contributed by atoms with van der Waals surface area (Å²) in [6.45, 7) is 4.98. The molecule has 0 aliphatic heterocycles. The third kappa shape index (κ3) is 5.63. The zero-order chi connectivity index (χ0) is 16.9. The minimum absolute atomic E-state index is 0.0901. The van der Waals surface area contributed by atoms with E-state index in [9.17, 15) is 19.1 Å². The molecule has 22 heavy (non-hydrogen) atoms. The molecule has 1 unspecified atom stereocenters. The molecule has 1 rings (SSSR count). The van der Waals surface area contributed by atoms with Gasteiger partial charge in [0.1, 0.15) is 17.1 Å². The van der Waals surface area contributed by atoms with Gasteiger partial charge in [-0.25, -0.2) is 9.18 Å². The van der Waals surface area contributed by atoms with E-state index in [1.807, 2.05) is 0 Å². The van der Waals surface area contributed by atoms with Crippen LogP contribution in [0.3, 0.4) is 0 Å². The number of hydrogen-bond acceptors (Lipinski definition) is 4. The summed E-state index contributed by atoms with van der Waals surface area (Å²) in [5, 5.41) is 16.9. The van der Waals surface area contributed by atoms with Crippen LogP contribution in [0.25, 0.3) is 0 Å². The van der Waals surface area contributed by atoms with Crippen LogP contribution in [0.2, 0.25) is 0 Å². The lowest BCUT2D eigenvalue weighted by Gasteiger charge is -2.20. The summed E-state index contributed by atoms with van der Waals surface area (Å²) in [5.41, 5.74) is -0.946. The van der Waals surface area contributed by atoms with Crippen molar-refractivity contribution >= 4 is 17.7 Å². The Morgan fingerprint density at radius 3 is 2.41 bits per heavy atom. The summed E-state index contributed by atoms with van der Waals surface area (Å²) in [6.07, 6.45) is -0.397. The number of esters is 1. The normalized spacial score (nSPS) is 12.5. The molecule has 0 aliphatic carbocycles. The maximum absolute atomic E-state index is 13.6. The highest BCUT2D eigenvalue weighted by molar-refractivity contribution is 6.35. The fraction of sp³-hybridized carbons (Fsp3) is 0.438. The van der Waals surface area contributed by atoms with Crippen molar-refractivity contribution in [2.24, 2.45) is 5.92 Å². The van der Waals surface area contributed by atoms with Crippen molar-refractivity contribution in [2.45, 2.75) is 39.2 Å². The average molecular weight is 309 g/mol. The summed E-state index contributed by atoms with van der Waals surface area (Å²) in [7, 11) is 0. The minimum Gasteiger partial charge on any atom is -0.481 e. The molecule has 2 N–H and O–H groups in total. The molecule has 0 spiro atoms. The van der Waals surface area contributed by atoms with Gasteiger partial charge in [0, 0.05) is 6.42 Å². The number of nitrogens with one attached hydrogen (secondary N) is 1. The van der Waals surface area contributed by atoms with Crippen molar-refractivity contribution in [2.75, 3.05) is 0 Å². The van der Waals surface area contributed by atoms with Crippen LogP contribution in [0, 0.1) is 17.1 Å². The number of carboxylic acid groups (broad SMARTS) is 1. The Balaban J connectivity index is 2.77. The number of carbonyl (C=O) groups is 2. The zero-order valence-corrected chi connectivity index (χ0v) is 12.9. The predicted molar refractivity (Wildman–Crippen MR) is 79.4 cm³/mol. The first-order chi connectivity index (χ1) is 10.1. The molecule has 0 saturated carbocycles. The van der Waals surface area contributed by atoms with Crippen LogP contribution in [-0.2, 0) is 20.7 Å². The summed E-state index contributed by atoms with van der Waals surface area (Å²) in [6, 6.07) is 5.85. The molecule has 5 nitrogen and oxygen atoms in total. The topological polar surface area (TPSA) is 87.5 Å². The standard InChI is InChI=1S/C16H20FNO4/c1-16(2,3)22-15(21)13(18)9-11(14(19)20)8-10-6-4-5-7-12(10)17/h4-7,11,18H,8-9H2,1-3H3,(H,19,20). The number of hydrogen-bond donors (Lipinski definition) is 2. The fourth-order valence-corrected chi connectivity index (χ4v) is 1.85. The van der Waals surface area contributed by atoms with Gasteiger partial charge in [0.15, 0.2) is 0 Å². The molecule has 0 bridgehead atoms. The van der Waals surface area contributed by atoms with Crippen LogP contribution in [0.1, 0.15) is 32.8 Å². The second-order valence-corrected chi connectivity index (χ2v) is 6.02. The van der Waals surface area contributed by atoms with Crippen molar-refractivity contribution in [1.82, 2.24) is 0 Å². The van der Waals surface area contributed by atoms with Crippen molar-refractivity contribution in [3.8, 4) is 0 Å². The van der Waals surface area contributed by atoms with Gasteiger partial charge in [0.05, 0.1) is 5.92 Å². The largest absolute Gasteiger partial charge is 0.481 e. The van der Waals surface area contributed by atoms with E-state index in [2.05, 4.69) is 0 Å². The minimum atomic E-state index is -1.18. The SMILES string of the molecule is CC(C)(C)OC(=O)C(=N)CC(Cc1ccccc1F)C(=O)O. The third-order valence-electron chi connectivity index (χ3n) is 2.87. The predicted octanol–water partition coefficient (Wildman–Crippen LogP) is 2.82. The molecular formula is C16H20FNO4. The lowest BCUT2D eigenvalue weighted by molar-refractivity contribution is -0.146. The molecule has 1 atom stereocenters. The molecule has 1 aromatic rings. The molecule has 0 radical (unpaired) electrons. The highest BCUT2D eigenvalue weighted by atomic mass is 19.1. The van der Waals surface area contributed by atoms with Gasteiger partial charge in [-0.3, -0.25) is 10.2 Å². The van der Waals surface area contributed by atoms with Crippen LogP contribution in [0.15, 0.2) is 24.3 Å². The number of carbonyl (C=O) groups excluding carboxylic acids is 1. The van der Waals surface area contributed by atoms with Crippen LogP contribution >= 0.6 is 0 Å². The first-order valence-electron chi connectivity index (χ1n) is 6.87. The zero-order valence-electron chi connectivity index (χ0n) is 12.9. The third-order valence-corrected chi connectivity index (χ3v) is 2.87. The van der Waals surface area contributed by atoms with E-state index in [0.717, 1.165) is 0 Å². The number of halogens is 1. The molecule has 0 fully saturated rings. The number of benzene rings is 1. The van der Waals surface area contributed by atoms with Gasteiger partial charge < -0.3 is 9.84 Å². The van der Waals surface area contributed by atoms with E-state index >= 15 is 0 Å². The van der Waals surface area contributed by atoms with Gasteiger partial charge >= 0.3 is 11.9 Å². The lowest BCUT2D eigenvalue weighted by Crippen LogP contribution is -2.31. The Hall–Kier alpha value is -2.24. The number of rotatable bonds is 6. The van der Waals surface area contributed by atoms with E-state index in [4.69, 9.17) is 10.1 Å². The Kier molecular flexibility index (Phi) is 5.79. The second kappa shape index (κ2) is 7.15. The number of aliphatic carboxylic acids is 1. The van der Waals surface area contributed by atoms with Gasteiger partial charge in [-0.1, -0.05) is 18.2 Å². The monoisotopic (exact) mass is 309 g/mol. The Morgan fingerprint density at radius 1 is 1.32 bits per heavy atom. The van der Waals surface area contributed by atoms with E-state index in [1.54, 1.807) is 26.8 Å². The van der Waals surface area contributed by atoms with Gasteiger partial charge in [-0.05, 0) is 38.8 Å². The molecule has 120 valence electrons. The highest BCUT2D eigenvalue weighted by Gasteiger charge is 2.27. The van der Waals surface area contributed by atoms with Crippen molar-refractivity contribution in [3.63, 3.8) is 0 Å². The van der Waals surface area contributed by atoms with Gasteiger partial charge in [0.25, 0.3) is 0 Å². The van der Waals surface area contributed by atoms with Crippen molar-refractivity contribution in [1.29, 1.82) is 5.41 Å². The molecule has 6 heteroatoms. The molecule has 0 aromatic heterocycles. The van der Waals surface area contributed by atoms with Gasteiger partial charge in [0.2, 0.25) is 0 Å². The van der Waals surface area contributed by atoms with Crippen LogP contribution < -0.4 is 0 Å². The summed E-state index contributed by atoms with van der Waals surface area (Å²) >= 11 is 0. The molecule has 1 aromatic carbocycles. The van der Waals surface area contributed by atoms with Gasteiger partial charge in [-0.2, -0.15) is 0 Å². The smallest absolute Gasteiger partial charge is 0.352 e. The van der Waals surface area contributed by atoms with E-state index < -0.39 is 35.0 Å². The van der Waals surface area contributed by atoms with E-state index in [-0.39, 0.29) is 18.4 Å². The average Bonchev–Trinajstić information content (AvgIpc) is 2.38. The number of ether oxygens (including phenoxy) is 1. The van der Waals surface area contributed by atoms with Gasteiger partial charge in [-0.15, -0.1) is 0 Å². The first-order valence-corrected chi connectivity index (χ1v) is 6.87. The highest BCUT2D eigenvalue weighted by Crippen LogP contribution is 2.17. The summed E-state index contributed by atoms with van der Waals surface area (Å²) < 4.78 is 18.6. The van der Waals surface area contributed by atoms with Crippen molar-refractivity contribution < 1.29 is 23.8 Å². The molecule has 0 saturated heterocycles. The Morgan fingerprint density at radius 2 is 1.91 bits per heavy atom. The van der Waals surface area contributed by atoms with Crippen LogP contribution in [0.5, 0.6) is 0 Å². The molecule has 0 heterocycles. The quantitative estimate of drug-likeness (QED) is 0.625. The van der Waals surface area contributed by atoms with E-state index in [0.29, 0.717) is 0 Å².